The van der Waals surface area contributed by atoms with Crippen molar-refractivity contribution < 1.29 is 24.2 Å². The van der Waals surface area contributed by atoms with E-state index in [-0.39, 0.29) is 25.4 Å². The second-order valence-electron chi connectivity index (χ2n) is 3.47. The Bertz CT molecular complexity index is 289. The Morgan fingerprint density at radius 3 is 3.00 bits per heavy atom. The van der Waals surface area contributed by atoms with Gasteiger partial charge in [0.15, 0.2) is 12.0 Å². The third-order valence-corrected chi connectivity index (χ3v) is 2.35. The first-order chi connectivity index (χ1) is 7.69. The smallest absolute Gasteiger partial charge is 0.294 e. The minimum atomic E-state index is -0.554. The Balaban J connectivity index is 2.56. The predicted octanol–water partition coefficient (Wildman–Crippen LogP) is -0.717. The van der Waals surface area contributed by atoms with E-state index < -0.39 is 6.23 Å². The molecule has 0 aromatic heterocycles. The molecule has 1 N–H and O–H groups in total. The van der Waals surface area contributed by atoms with E-state index in [4.69, 9.17) is 14.6 Å². The molecule has 0 radical (unpaired) electrons. The molecule has 6 heteroatoms. The highest BCUT2D eigenvalue weighted by Gasteiger charge is 2.24. The number of nitrogens with zero attached hydrogens (tertiary/aromatic N) is 1. The maximum absolute atomic E-state index is 11.3. The van der Waals surface area contributed by atoms with Gasteiger partial charge in [0, 0.05) is 18.5 Å². The summed E-state index contributed by atoms with van der Waals surface area (Å²) >= 11 is 0. The number of hydrogen-bond donors (Lipinski definition) is 1. The molecule has 1 atom stereocenters. The largest absolute Gasteiger partial charge is 0.493 e. The highest BCUT2D eigenvalue weighted by molar-refractivity contribution is 5.97. The van der Waals surface area contributed by atoms with Crippen molar-refractivity contribution in [3.8, 4) is 0 Å². The zero-order valence-electron chi connectivity index (χ0n) is 9.09. The van der Waals surface area contributed by atoms with Gasteiger partial charge in [0.25, 0.3) is 6.47 Å². The summed E-state index contributed by atoms with van der Waals surface area (Å²) in [5.41, 5.74) is 0.497. The number of carbonyl (C=O) groups is 2. The van der Waals surface area contributed by atoms with Gasteiger partial charge in [0.2, 0.25) is 0 Å². The first kappa shape index (κ1) is 12.7. The van der Waals surface area contributed by atoms with Crippen LogP contribution in [-0.4, -0.2) is 55.3 Å². The van der Waals surface area contributed by atoms with Crippen molar-refractivity contribution >= 4 is 12.3 Å². The number of aliphatic hydroxyl groups is 1. The van der Waals surface area contributed by atoms with Gasteiger partial charge in [0.05, 0.1) is 12.9 Å². The number of Topliss-reactive ketones (excluding diaryl/α,β-unsaturated/α-hetero) is 1. The summed E-state index contributed by atoms with van der Waals surface area (Å²) in [5.74, 6) is -0.100. The van der Waals surface area contributed by atoms with Gasteiger partial charge >= 0.3 is 0 Å². The Hall–Kier alpha value is -1.40. The van der Waals surface area contributed by atoms with Crippen molar-refractivity contribution in [3.05, 3.63) is 11.8 Å². The van der Waals surface area contributed by atoms with Crippen LogP contribution in [0.5, 0.6) is 0 Å². The molecule has 0 amide bonds. The fourth-order valence-corrected chi connectivity index (χ4v) is 1.40. The van der Waals surface area contributed by atoms with Gasteiger partial charge in [-0.05, 0) is 7.05 Å². The molecule has 16 heavy (non-hydrogen) atoms. The van der Waals surface area contributed by atoms with Gasteiger partial charge in [-0.15, -0.1) is 0 Å². The monoisotopic (exact) mass is 229 g/mol. The van der Waals surface area contributed by atoms with Crippen LogP contribution in [0.3, 0.4) is 0 Å². The van der Waals surface area contributed by atoms with Crippen molar-refractivity contribution in [2.24, 2.45) is 0 Å². The summed E-state index contributed by atoms with van der Waals surface area (Å²) in [7, 11) is 1.70. The predicted molar refractivity (Wildman–Crippen MR) is 54.3 cm³/mol. The van der Waals surface area contributed by atoms with Gasteiger partial charge in [0.1, 0.15) is 6.61 Å². The van der Waals surface area contributed by atoms with Gasteiger partial charge in [-0.3, -0.25) is 14.5 Å². The summed E-state index contributed by atoms with van der Waals surface area (Å²) in [5, 5.41) is 8.77. The molecular formula is C10H15NO5. The molecule has 90 valence electrons. The zero-order chi connectivity index (χ0) is 12.0. The molecule has 0 saturated carbocycles. The van der Waals surface area contributed by atoms with E-state index in [2.05, 4.69) is 0 Å². The summed E-state index contributed by atoms with van der Waals surface area (Å²) in [6.07, 6.45) is 1.10. The lowest BCUT2D eigenvalue weighted by molar-refractivity contribution is -0.142. The molecule has 0 spiro atoms. The maximum atomic E-state index is 11.3. The van der Waals surface area contributed by atoms with Gasteiger partial charge in [-0.2, -0.15) is 0 Å². The first-order valence-corrected chi connectivity index (χ1v) is 4.93. The fourth-order valence-electron chi connectivity index (χ4n) is 1.40. The molecule has 6 nitrogen and oxygen atoms in total. The molecule has 1 rings (SSSR count). The standard InChI is InChI=1S/C10H15NO5/c1-11(2-3-12)10(16-7-13)4-8-5-15-6-9(8)14/h5,7,10,12H,2-4,6H2,1H3. The minimum Gasteiger partial charge on any atom is -0.493 e. The number of carbonyl (C=O) groups excluding carboxylic acids is 2. The Labute approximate surface area is 93.4 Å². The second-order valence-corrected chi connectivity index (χ2v) is 3.47. The van der Waals surface area contributed by atoms with E-state index in [0.717, 1.165) is 0 Å². The van der Waals surface area contributed by atoms with E-state index in [9.17, 15) is 9.59 Å². The van der Waals surface area contributed by atoms with Crippen LogP contribution in [0, 0.1) is 0 Å². The Morgan fingerprint density at radius 2 is 2.50 bits per heavy atom. The number of ether oxygens (including phenoxy) is 2. The van der Waals surface area contributed by atoms with Crippen LogP contribution in [0.2, 0.25) is 0 Å². The van der Waals surface area contributed by atoms with Gasteiger partial charge in [-0.25, -0.2) is 0 Å². The SMILES string of the molecule is CN(CCO)C(CC1=COCC1=O)OC=O. The summed E-state index contributed by atoms with van der Waals surface area (Å²) in [6, 6.07) is 0. The topological polar surface area (TPSA) is 76.1 Å². The van der Waals surface area contributed by atoms with Crippen LogP contribution in [-0.2, 0) is 19.1 Å². The van der Waals surface area contributed by atoms with E-state index in [1.54, 1.807) is 11.9 Å². The number of rotatable bonds is 7. The van der Waals surface area contributed by atoms with Gasteiger partial charge < -0.3 is 14.6 Å². The van der Waals surface area contributed by atoms with E-state index in [1.807, 2.05) is 0 Å². The molecule has 1 heterocycles. The maximum Gasteiger partial charge on any atom is 0.294 e. The number of likely N-dealkylation sites (N-methyl/N-ethyl adjacent to an activating group) is 1. The average molecular weight is 229 g/mol. The van der Waals surface area contributed by atoms with Crippen LogP contribution in [0.25, 0.3) is 0 Å². The number of hydrogen-bond acceptors (Lipinski definition) is 6. The number of ketones is 1. The van der Waals surface area contributed by atoms with Gasteiger partial charge in [-0.1, -0.05) is 0 Å². The van der Waals surface area contributed by atoms with Crippen LogP contribution >= 0.6 is 0 Å². The van der Waals surface area contributed by atoms with E-state index in [0.29, 0.717) is 18.6 Å². The highest BCUT2D eigenvalue weighted by Crippen LogP contribution is 2.16. The summed E-state index contributed by atoms with van der Waals surface area (Å²) < 4.78 is 9.72. The summed E-state index contributed by atoms with van der Waals surface area (Å²) in [6.45, 7) is 0.700. The van der Waals surface area contributed by atoms with Crippen molar-refractivity contribution in [1.29, 1.82) is 0 Å². The molecule has 1 aliphatic rings. The second kappa shape index (κ2) is 6.24. The molecule has 0 bridgehead atoms. The molecule has 0 aromatic carbocycles. The number of aliphatic hydroxyl groups excluding tert-OH is 1. The van der Waals surface area contributed by atoms with Crippen LogP contribution in [0.15, 0.2) is 11.8 Å². The fraction of sp³-hybridized carbons (Fsp3) is 0.600. The van der Waals surface area contributed by atoms with E-state index >= 15 is 0 Å². The molecule has 1 aliphatic heterocycles. The average Bonchev–Trinajstić information content (AvgIpc) is 2.64. The lowest BCUT2D eigenvalue weighted by Crippen LogP contribution is -2.36. The van der Waals surface area contributed by atoms with Crippen LogP contribution in [0.4, 0.5) is 0 Å². The summed E-state index contributed by atoms with van der Waals surface area (Å²) in [4.78, 5) is 23.3. The molecular weight excluding hydrogens is 214 g/mol. The van der Waals surface area contributed by atoms with Crippen molar-refractivity contribution in [1.82, 2.24) is 4.90 Å². The van der Waals surface area contributed by atoms with Crippen molar-refractivity contribution in [3.63, 3.8) is 0 Å². The lowest BCUT2D eigenvalue weighted by atomic mass is 10.1. The lowest BCUT2D eigenvalue weighted by Gasteiger charge is -2.25. The normalized spacial score (nSPS) is 16.9. The molecule has 0 fully saturated rings. The van der Waals surface area contributed by atoms with Crippen LogP contribution in [0.1, 0.15) is 6.42 Å². The molecule has 1 unspecified atom stereocenters. The Kier molecular flexibility index (Phi) is 4.94. The highest BCUT2D eigenvalue weighted by atomic mass is 16.5. The van der Waals surface area contributed by atoms with E-state index in [1.165, 1.54) is 6.26 Å². The van der Waals surface area contributed by atoms with Crippen LogP contribution < -0.4 is 0 Å². The molecule has 0 aromatic rings. The van der Waals surface area contributed by atoms with Crippen molar-refractivity contribution in [2.75, 3.05) is 26.8 Å². The minimum absolute atomic E-state index is 0.0429. The molecule has 0 saturated heterocycles. The Morgan fingerprint density at radius 1 is 1.75 bits per heavy atom. The third kappa shape index (κ3) is 3.32. The quantitative estimate of drug-likeness (QED) is 0.459. The first-order valence-electron chi connectivity index (χ1n) is 4.93. The van der Waals surface area contributed by atoms with Crippen molar-refractivity contribution in [2.45, 2.75) is 12.6 Å². The molecule has 0 aliphatic carbocycles. The zero-order valence-corrected chi connectivity index (χ0v) is 9.09. The third-order valence-electron chi connectivity index (χ3n) is 2.35.